The van der Waals surface area contributed by atoms with Gasteiger partial charge in [0.1, 0.15) is 0 Å². The van der Waals surface area contributed by atoms with Crippen molar-refractivity contribution in [2.24, 2.45) is 5.92 Å². The standard InChI is InChI=1S/C12H21N/c1-9(2)10(3)7-8-11(4)12(5)13-6/h7,9,13H,4-5,8H2,1-3,6H3/b10-7+. The molecule has 1 nitrogen and oxygen atoms in total. The molecule has 0 aromatic heterocycles. The highest BCUT2D eigenvalue weighted by atomic mass is 14.8. The number of allylic oxidation sites excluding steroid dienone is 3. The van der Waals surface area contributed by atoms with Gasteiger partial charge in [0.25, 0.3) is 0 Å². The Morgan fingerprint density at radius 2 is 1.92 bits per heavy atom. The maximum Gasteiger partial charge on any atom is 0.0294 e. The lowest BCUT2D eigenvalue weighted by Crippen LogP contribution is -2.05. The zero-order valence-corrected chi connectivity index (χ0v) is 9.28. The lowest BCUT2D eigenvalue weighted by molar-refractivity contribution is 0.763. The van der Waals surface area contributed by atoms with Crippen LogP contribution in [0.4, 0.5) is 0 Å². The van der Waals surface area contributed by atoms with Gasteiger partial charge in [0.15, 0.2) is 0 Å². The van der Waals surface area contributed by atoms with Gasteiger partial charge >= 0.3 is 0 Å². The molecule has 0 rings (SSSR count). The molecule has 0 aliphatic carbocycles. The van der Waals surface area contributed by atoms with Crippen molar-refractivity contribution in [3.63, 3.8) is 0 Å². The van der Waals surface area contributed by atoms with Crippen molar-refractivity contribution in [1.82, 2.24) is 5.32 Å². The Morgan fingerprint density at radius 3 is 2.31 bits per heavy atom. The highest BCUT2D eigenvalue weighted by molar-refractivity contribution is 5.26. The summed E-state index contributed by atoms with van der Waals surface area (Å²) in [4.78, 5) is 0. The van der Waals surface area contributed by atoms with E-state index in [0.29, 0.717) is 5.92 Å². The van der Waals surface area contributed by atoms with Gasteiger partial charge in [-0.3, -0.25) is 0 Å². The van der Waals surface area contributed by atoms with E-state index in [1.54, 1.807) is 0 Å². The number of hydrogen-bond acceptors (Lipinski definition) is 1. The van der Waals surface area contributed by atoms with Crippen molar-refractivity contribution in [3.8, 4) is 0 Å². The Labute approximate surface area is 82.2 Å². The summed E-state index contributed by atoms with van der Waals surface area (Å²) in [5.41, 5.74) is 3.39. The van der Waals surface area contributed by atoms with Gasteiger partial charge in [-0.05, 0) is 24.8 Å². The second-order valence-electron chi connectivity index (χ2n) is 3.64. The van der Waals surface area contributed by atoms with Crippen molar-refractivity contribution in [2.75, 3.05) is 7.05 Å². The first kappa shape index (κ1) is 12.0. The predicted octanol–water partition coefficient (Wildman–Crippen LogP) is 3.27. The molecule has 0 heterocycles. The molecule has 1 N–H and O–H groups in total. The van der Waals surface area contributed by atoms with Crippen LogP contribution in [0.25, 0.3) is 0 Å². The predicted molar refractivity (Wildman–Crippen MR) is 60.6 cm³/mol. The zero-order valence-electron chi connectivity index (χ0n) is 9.28. The number of hydrogen-bond donors (Lipinski definition) is 1. The van der Waals surface area contributed by atoms with Crippen LogP contribution < -0.4 is 5.32 Å². The lowest BCUT2D eigenvalue weighted by Gasteiger charge is -2.08. The Morgan fingerprint density at radius 1 is 1.38 bits per heavy atom. The summed E-state index contributed by atoms with van der Waals surface area (Å²) in [7, 11) is 1.87. The molecule has 1 heteroatoms. The summed E-state index contributed by atoms with van der Waals surface area (Å²) in [6.45, 7) is 14.4. The first-order valence-corrected chi connectivity index (χ1v) is 4.70. The number of rotatable bonds is 5. The summed E-state index contributed by atoms with van der Waals surface area (Å²) in [5.74, 6) is 0.621. The first-order chi connectivity index (χ1) is 5.99. The average Bonchev–Trinajstić information content (AvgIpc) is 2.11. The highest BCUT2D eigenvalue weighted by Crippen LogP contribution is 2.13. The van der Waals surface area contributed by atoms with E-state index in [9.17, 15) is 0 Å². The molecular formula is C12H21N. The van der Waals surface area contributed by atoms with Gasteiger partial charge in [-0.25, -0.2) is 0 Å². The van der Waals surface area contributed by atoms with Crippen molar-refractivity contribution >= 4 is 0 Å². The van der Waals surface area contributed by atoms with E-state index in [1.807, 2.05) is 7.05 Å². The Balaban J connectivity index is 4.09. The fourth-order valence-electron chi connectivity index (χ4n) is 0.820. The zero-order chi connectivity index (χ0) is 10.4. The number of likely N-dealkylation sites (N-methyl/N-ethyl adjacent to an activating group) is 1. The summed E-state index contributed by atoms with van der Waals surface area (Å²) in [6.07, 6.45) is 3.11. The lowest BCUT2D eigenvalue weighted by atomic mass is 10.0. The molecule has 13 heavy (non-hydrogen) atoms. The third kappa shape index (κ3) is 4.56. The maximum absolute atomic E-state index is 3.95. The smallest absolute Gasteiger partial charge is 0.0294 e. The van der Waals surface area contributed by atoms with E-state index >= 15 is 0 Å². The van der Waals surface area contributed by atoms with E-state index in [2.05, 4.69) is 45.3 Å². The molecule has 0 saturated heterocycles. The van der Waals surface area contributed by atoms with Crippen LogP contribution in [-0.4, -0.2) is 7.05 Å². The SMILES string of the molecule is C=C(C/C=C(\C)C(C)C)C(=C)NC. The fraction of sp³-hybridized carbons (Fsp3) is 0.500. The average molecular weight is 179 g/mol. The van der Waals surface area contributed by atoms with Gasteiger partial charge in [0.05, 0.1) is 0 Å². The quantitative estimate of drug-likeness (QED) is 0.504. The largest absolute Gasteiger partial charge is 0.388 e. The van der Waals surface area contributed by atoms with Gasteiger partial charge in [0, 0.05) is 12.7 Å². The van der Waals surface area contributed by atoms with Crippen LogP contribution in [-0.2, 0) is 0 Å². The topological polar surface area (TPSA) is 12.0 Å². The van der Waals surface area contributed by atoms with Crippen LogP contribution >= 0.6 is 0 Å². The summed E-state index contributed by atoms with van der Waals surface area (Å²) in [5, 5.41) is 2.99. The summed E-state index contributed by atoms with van der Waals surface area (Å²) in [6, 6.07) is 0. The molecule has 0 aliphatic heterocycles. The van der Waals surface area contributed by atoms with E-state index in [0.717, 1.165) is 17.7 Å². The number of nitrogens with one attached hydrogen (secondary N) is 1. The molecule has 0 radical (unpaired) electrons. The highest BCUT2D eigenvalue weighted by Gasteiger charge is 1.98. The molecule has 0 bridgehead atoms. The van der Waals surface area contributed by atoms with Crippen LogP contribution in [0.15, 0.2) is 36.1 Å². The second kappa shape index (κ2) is 5.63. The normalized spacial score (nSPS) is 11.6. The molecule has 0 unspecified atom stereocenters. The van der Waals surface area contributed by atoms with E-state index in [1.165, 1.54) is 5.57 Å². The molecule has 0 aromatic carbocycles. The van der Waals surface area contributed by atoms with E-state index < -0.39 is 0 Å². The fourth-order valence-corrected chi connectivity index (χ4v) is 0.820. The Hall–Kier alpha value is -0.980. The van der Waals surface area contributed by atoms with Crippen LogP contribution in [0.5, 0.6) is 0 Å². The maximum atomic E-state index is 3.95. The van der Waals surface area contributed by atoms with Gasteiger partial charge < -0.3 is 5.32 Å². The van der Waals surface area contributed by atoms with Gasteiger partial charge in [-0.1, -0.05) is 38.7 Å². The second-order valence-corrected chi connectivity index (χ2v) is 3.64. The Bertz CT molecular complexity index is 221. The van der Waals surface area contributed by atoms with Gasteiger partial charge in [-0.15, -0.1) is 0 Å². The van der Waals surface area contributed by atoms with Crippen LogP contribution in [0.2, 0.25) is 0 Å². The minimum atomic E-state index is 0.621. The van der Waals surface area contributed by atoms with Crippen LogP contribution in [0.1, 0.15) is 27.2 Å². The van der Waals surface area contributed by atoms with Crippen LogP contribution in [0, 0.1) is 5.92 Å². The first-order valence-electron chi connectivity index (χ1n) is 4.70. The minimum absolute atomic E-state index is 0.621. The van der Waals surface area contributed by atoms with E-state index in [-0.39, 0.29) is 0 Å². The van der Waals surface area contributed by atoms with Crippen LogP contribution in [0.3, 0.4) is 0 Å². The molecule has 0 fully saturated rings. The van der Waals surface area contributed by atoms with Crippen molar-refractivity contribution < 1.29 is 0 Å². The molecule has 0 aromatic rings. The van der Waals surface area contributed by atoms with Crippen molar-refractivity contribution in [1.29, 1.82) is 0 Å². The molecule has 0 spiro atoms. The third-order valence-corrected chi connectivity index (χ3v) is 2.31. The Kier molecular flexibility index (Phi) is 5.20. The molecule has 0 saturated carbocycles. The van der Waals surface area contributed by atoms with Crippen molar-refractivity contribution in [2.45, 2.75) is 27.2 Å². The molecule has 74 valence electrons. The monoisotopic (exact) mass is 179 g/mol. The third-order valence-electron chi connectivity index (χ3n) is 2.31. The summed E-state index contributed by atoms with van der Waals surface area (Å²) < 4.78 is 0. The molecule has 0 aliphatic rings. The molecule has 0 amide bonds. The van der Waals surface area contributed by atoms with E-state index in [4.69, 9.17) is 0 Å². The molecule has 0 atom stereocenters. The van der Waals surface area contributed by atoms with Gasteiger partial charge in [0.2, 0.25) is 0 Å². The molecular weight excluding hydrogens is 158 g/mol. The van der Waals surface area contributed by atoms with Gasteiger partial charge in [-0.2, -0.15) is 0 Å². The summed E-state index contributed by atoms with van der Waals surface area (Å²) >= 11 is 0. The van der Waals surface area contributed by atoms with Crippen molar-refractivity contribution in [3.05, 3.63) is 36.1 Å². The minimum Gasteiger partial charge on any atom is -0.388 e.